The third kappa shape index (κ3) is 6.55. The number of rotatable bonds is 8. The molecule has 3 heterocycles. The summed E-state index contributed by atoms with van der Waals surface area (Å²) in [5.74, 6) is 1.33. The highest BCUT2D eigenvalue weighted by atomic mass is 16.5. The summed E-state index contributed by atoms with van der Waals surface area (Å²) in [6, 6.07) is 15.7. The third-order valence-electron chi connectivity index (χ3n) is 8.39. The number of H-pyrrole nitrogens is 2. The Balaban J connectivity index is 1.27. The van der Waals surface area contributed by atoms with Gasteiger partial charge in [-0.15, -0.1) is 0 Å². The molecule has 0 saturated carbocycles. The zero-order valence-corrected chi connectivity index (χ0v) is 26.3. The Morgan fingerprint density at radius 1 is 0.932 bits per heavy atom. The van der Waals surface area contributed by atoms with Gasteiger partial charge in [0.1, 0.15) is 17.7 Å². The first-order chi connectivity index (χ1) is 21.0. The standard InChI is InChI=1S/C34H43N7O3/c1-20(2)28(40-33(43)44-6)32(42)41-17-7-8-27(41)30-36-18-25(38-30)23-13-9-21(10-14-23)22-11-15-24(16-12-22)26-19-37-31(39-26)29(35)34(3,4)5/h9-16,18-20,27-29H,7-8,17,35H2,1-6H3,(H,36,38)(H,37,39)(H,40,43)/t27-,28-,29+/m0/s1. The number of aromatic amines is 2. The molecule has 2 amide bonds. The summed E-state index contributed by atoms with van der Waals surface area (Å²) in [5.41, 5.74) is 12.4. The van der Waals surface area contributed by atoms with Crippen molar-refractivity contribution in [3.05, 3.63) is 72.6 Å². The molecule has 0 bridgehead atoms. The van der Waals surface area contributed by atoms with Gasteiger partial charge < -0.3 is 30.7 Å². The predicted molar refractivity (Wildman–Crippen MR) is 171 cm³/mol. The molecule has 1 aliphatic rings. The van der Waals surface area contributed by atoms with E-state index in [1.165, 1.54) is 7.11 Å². The van der Waals surface area contributed by atoms with Crippen LogP contribution in [0.2, 0.25) is 0 Å². The predicted octanol–water partition coefficient (Wildman–Crippen LogP) is 6.22. The maximum Gasteiger partial charge on any atom is 0.407 e. The number of ether oxygens (including phenoxy) is 1. The van der Waals surface area contributed by atoms with E-state index in [2.05, 4.69) is 94.6 Å². The third-order valence-corrected chi connectivity index (χ3v) is 8.39. The molecule has 4 aromatic rings. The SMILES string of the molecule is COC(=O)N[C@H](C(=O)N1CCC[C@H]1c1ncc(-c2ccc(-c3ccc(-c4cnc([C@@H](N)C(C)(C)C)[nH]4)cc3)cc2)[nH]1)C(C)C. The number of hydrogen-bond acceptors (Lipinski definition) is 6. The Morgan fingerprint density at radius 3 is 2.02 bits per heavy atom. The molecule has 0 spiro atoms. The van der Waals surface area contributed by atoms with Crippen LogP contribution >= 0.6 is 0 Å². The highest BCUT2D eigenvalue weighted by Crippen LogP contribution is 2.34. The summed E-state index contributed by atoms with van der Waals surface area (Å²) < 4.78 is 4.74. The van der Waals surface area contributed by atoms with Gasteiger partial charge in [-0.1, -0.05) is 83.1 Å². The molecule has 1 fully saturated rings. The quantitative estimate of drug-likeness (QED) is 0.190. The Kier molecular flexibility index (Phi) is 8.92. The van der Waals surface area contributed by atoms with Crippen LogP contribution in [0.4, 0.5) is 4.79 Å². The Bertz CT molecular complexity index is 1580. The minimum absolute atomic E-state index is 0.0829. The number of nitrogens with zero attached hydrogens (tertiary/aromatic N) is 3. The minimum atomic E-state index is -0.664. The van der Waals surface area contributed by atoms with Gasteiger partial charge in [0.2, 0.25) is 5.91 Å². The number of nitrogens with one attached hydrogen (secondary N) is 3. The van der Waals surface area contributed by atoms with Crippen molar-refractivity contribution in [1.82, 2.24) is 30.2 Å². The number of aromatic nitrogens is 4. The smallest absolute Gasteiger partial charge is 0.407 e. The van der Waals surface area contributed by atoms with Gasteiger partial charge in [-0.25, -0.2) is 14.8 Å². The Morgan fingerprint density at radius 2 is 1.48 bits per heavy atom. The number of hydrogen-bond donors (Lipinski definition) is 4. The van der Waals surface area contributed by atoms with E-state index in [0.717, 1.165) is 58.1 Å². The molecule has 1 aliphatic heterocycles. The molecule has 3 atom stereocenters. The van der Waals surface area contributed by atoms with Crippen molar-refractivity contribution in [2.45, 2.75) is 65.6 Å². The molecule has 5 N–H and O–H groups in total. The minimum Gasteiger partial charge on any atom is -0.453 e. The average Bonchev–Trinajstić information content (AvgIpc) is 3.79. The van der Waals surface area contributed by atoms with Crippen LogP contribution in [0.15, 0.2) is 60.9 Å². The van der Waals surface area contributed by atoms with Crippen LogP contribution < -0.4 is 11.1 Å². The van der Waals surface area contributed by atoms with Gasteiger partial charge in [-0.3, -0.25) is 4.79 Å². The lowest BCUT2D eigenvalue weighted by molar-refractivity contribution is -0.135. The molecule has 2 aromatic carbocycles. The van der Waals surface area contributed by atoms with Crippen molar-refractivity contribution in [3.8, 4) is 33.6 Å². The molecular formula is C34H43N7O3. The summed E-state index contributed by atoms with van der Waals surface area (Å²) in [6.07, 6.45) is 4.72. The van der Waals surface area contributed by atoms with Crippen molar-refractivity contribution in [2.75, 3.05) is 13.7 Å². The lowest BCUT2D eigenvalue weighted by Crippen LogP contribution is -2.51. The van der Waals surface area contributed by atoms with E-state index in [0.29, 0.717) is 6.54 Å². The van der Waals surface area contributed by atoms with Gasteiger partial charge >= 0.3 is 6.09 Å². The molecule has 232 valence electrons. The maximum absolute atomic E-state index is 13.4. The van der Waals surface area contributed by atoms with Crippen molar-refractivity contribution in [2.24, 2.45) is 17.1 Å². The Hall–Kier alpha value is -4.44. The fourth-order valence-electron chi connectivity index (χ4n) is 5.58. The van der Waals surface area contributed by atoms with E-state index in [9.17, 15) is 9.59 Å². The second kappa shape index (κ2) is 12.7. The van der Waals surface area contributed by atoms with Gasteiger partial charge in [0.25, 0.3) is 0 Å². The first-order valence-corrected chi connectivity index (χ1v) is 15.2. The number of amides is 2. The van der Waals surface area contributed by atoms with Crippen molar-refractivity contribution in [3.63, 3.8) is 0 Å². The van der Waals surface area contributed by atoms with Crippen LogP contribution in [0.1, 0.15) is 71.2 Å². The molecule has 44 heavy (non-hydrogen) atoms. The van der Waals surface area contributed by atoms with Crippen LogP contribution in [0.3, 0.4) is 0 Å². The second-order valence-corrected chi connectivity index (χ2v) is 12.9. The van der Waals surface area contributed by atoms with Crippen LogP contribution in [0, 0.1) is 11.3 Å². The molecule has 0 aliphatic carbocycles. The van der Waals surface area contributed by atoms with E-state index in [-0.39, 0.29) is 29.3 Å². The van der Waals surface area contributed by atoms with E-state index >= 15 is 0 Å². The van der Waals surface area contributed by atoms with Gasteiger partial charge in [0, 0.05) is 6.54 Å². The first kappa shape index (κ1) is 31.0. The number of alkyl carbamates (subject to hydrolysis) is 1. The molecular weight excluding hydrogens is 554 g/mol. The number of likely N-dealkylation sites (tertiary alicyclic amines) is 1. The molecule has 0 unspecified atom stereocenters. The van der Waals surface area contributed by atoms with Gasteiger partial charge in [-0.05, 0) is 46.4 Å². The second-order valence-electron chi connectivity index (χ2n) is 12.9. The molecule has 10 heteroatoms. The molecule has 1 saturated heterocycles. The van der Waals surface area contributed by atoms with E-state index in [1.54, 1.807) is 0 Å². The van der Waals surface area contributed by atoms with E-state index in [4.69, 9.17) is 10.5 Å². The van der Waals surface area contributed by atoms with Crippen LogP contribution in [0.5, 0.6) is 0 Å². The Labute approximate surface area is 258 Å². The largest absolute Gasteiger partial charge is 0.453 e. The number of methoxy groups -OCH3 is 1. The zero-order chi connectivity index (χ0) is 31.6. The molecule has 0 radical (unpaired) electrons. The summed E-state index contributed by atoms with van der Waals surface area (Å²) in [4.78, 5) is 43.1. The van der Waals surface area contributed by atoms with E-state index in [1.807, 2.05) is 31.1 Å². The van der Waals surface area contributed by atoms with E-state index < -0.39 is 12.1 Å². The summed E-state index contributed by atoms with van der Waals surface area (Å²) in [5, 5.41) is 2.69. The highest BCUT2D eigenvalue weighted by Gasteiger charge is 2.37. The normalized spacial score (nSPS) is 16.6. The van der Waals surface area contributed by atoms with Gasteiger partial charge in [-0.2, -0.15) is 0 Å². The van der Waals surface area contributed by atoms with Crippen molar-refractivity contribution >= 4 is 12.0 Å². The number of benzene rings is 2. The van der Waals surface area contributed by atoms with Crippen LogP contribution in [-0.2, 0) is 9.53 Å². The fraction of sp³-hybridized carbons (Fsp3) is 0.412. The number of nitrogens with two attached hydrogens (primary N) is 1. The zero-order valence-electron chi connectivity index (χ0n) is 26.3. The highest BCUT2D eigenvalue weighted by molar-refractivity contribution is 5.86. The topological polar surface area (TPSA) is 142 Å². The lowest BCUT2D eigenvalue weighted by atomic mass is 9.87. The van der Waals surface area contributed by atoms with Gasteiger partial charge in [0.05, 0.1) is 43.0 Å². The number of imidazole rings is 2. The first-order valence-electron chi connectivity index (χ1n) is 15.2. The molecule has 10 nitrogen and oxygen atoms in total. The average molecular weight is 598 g/mol. The molecule has 5 rings (SSSR count). The van der Waals surface area contributed by atoms with Crippen LogP contribution in [0.25, 0.3) is 33.6 Å². The molecule has 2 aromatic heterocycles. The summed E-state index contributed by atoms with van der Waals surface area (Å²) in [6.45, 7) is 10.7. The number of carbonyl (C=O) groups is 2. The van der Waals surface area contributed by atoms with Crippen molar-refractivity contribution < 1.29 is 14.3 Å². The van der Waals surface area contributed by atoms with Gasteiger partial charge in [0.15, 0.2) is 0 Å². The maximum atomic E-state index is 13.4. The van der Waals surface area contributed by atoms with Crippen LogP contribution in [-0.4, -0.2) is 56.5 Å². The fourth-order valence-corrected chi connectivity index (χ4v) is 5.58. The van der Waals surface area contributed by atoms with Crippen molar-refractivity contribution in [1.29, 1.82) is 0 Å². The lowest BCUT2D eigenvalue weighted by Gasteiger charge is -2.30. The summed E-state index contributed by atoms with van der Waals surface area (Å²) >= 11 is 0. The number of carbonyl (C=O) groups excluding carboxylic acids is 2. The summed E-state index contributed by atoms with van der Waals surface area (Å²) in [7, 11) is 1.30. The monoisotopic (exact) mass is 597 g/mol.